The van der Waals surface area contributed by atoms with Gasteiger partial charge in [-0.1, -0.05) is 26.0 Å². The molecule has 0 spiro atoms. The van der Waals surface area contributed by atoms with Crippen LogP contribution in [-0.2, 0) is 21.4 Å². The van der Waals surface area contributed by atoms with E-state index in [1.165, 1.54) is 0 Å². The van der Waals surface area contributed by atoms with E-state index in [4.69, 9.17) is 9.88 Å². The smallest absolute Gasteiger partial charge is 0.223 e. The Morgan fingerprint density at radius 3 is 2.52 bits per heavy atom. The summed E-state index contributed by atoms with van der Waals surface area (Å²) in [5, 5.41) is 5.05. The number of sulfonamides is 1. The number of rotatable bonds is 7. The molecule has 1 aromatic rings. The van der Waals surface area contributed by atoms with Crippen LogP contribution in [0.25, 0.3) is 0 Å². The highest BCUT2D eigenvalue weighted by atomic mass is 32.2. The highest BCUT2D eigenvalue weighted by Gasteiger charge is 2.31. The number of amides is 1. The molecule has 2 N–H and O–H groups in total. The molecule has 1 heterocycles. The number of ether oxygens (including phenoxy) is 1. The van der Waals surface area contributed by atoms with E-state index < -0.39 is 10.0 Å². The number of carbonyl (C=O) groups is 1. The lowest BCUT2D eigenvalue weighted by Crippen LogP contribution is -2.27. The molecule has 1 aliphatic rings. The molecule has 0 aromatic heterocycles. The van der Waals surface area contributed by atoms with Gasteiger partial charge in [-0.3, -0.25) is 4.79 Å². The van der Waals surface area contributed by atoms with Gasteiger partial charge in [-0.2, -0.15) is 0 Å². The first-order chi connectivity index (χ1) is 10.7. The number of hydrogen-bond donors (Lipinski definition) is 1. The maximum Gasteiger partial charge on any atom is 0.223 e. The third-order valence-corrected chi connectivity index (χ3v) is 4.58. The maximum atomic E-state index is 12.0. The van der Waals surface area contributed by atoms with E-state index in [-0.39, 0.29) is 24.0 Å². The van der Waals surface area contributed by atoms with E-state index in [0.717, 1.165) is 11.3 Å². The van der Waals surface area contributed by atoms with Crippen LogP contribution in [0.15, 0.2) is 24.3 Å². The Labute approximate surface area is 137 Å². The lowest BCUT2D eigenvalue weighted by Gasteiger charge is -2.17. The van der Waals surface area contributed by atoms with Gasteiger partial charge in [0.2, 0.25) is 15.9 Å². The van der Waals surface area contributed by atoms with Gasteiger partial charge < -0.3 is 9.64 Å². The van der Waals surface area contributed by atoms with Crippen molar-refractivity contribution < 1.29 is 17.9 Å². The first-order valence-corrected chi connectivity index (χ1v) is 9.44. The lowest BCUT2D eigenvalue weighted by atomic mass is 10.1. The normalized spacial score (nSPS) is 18.7. The van der Waals surface area contributed by atoms with Crippen molar-refractivity contribution >= 4 is 15.9 Å². The predicted octanol–water partition coefficient (Wildman–Crippen LogP) is 1.36. The first kappa shape index (κ1) is 17.7. The fraction of sp³-hybridized carbons (Fsp3) is 0.562. The standard InChI is InChI=1S/C16H24N2O4S/c1-12(2)10-22-15-5-3-13(4-6-15)8-18-9-14(7-16(18)19)11-23(17,20)21/h3-6,12,14H,7-11H2,1-2H3,(H2,17,20,21). The Balaban J connectivity index is 1.90. The van der Waals surface area contributed by atoms with Gasteiger partial charge in [0.05, 0.1) is 12.4 Å². The van der Waals surface area contributed by atoms with Crippen LogP contribution in [0.4, 0.5) is 0 Å². The Kier molecular flexibility index (Phi) is 5.64. The third-order valence-electron chi connectivity index (χ3n) is 3.64. The molecule has 6 nitrogen and oxygen atoms in total. The van der Waals surface area contributed by atoms with E-state index in [2.05, 4.69) is 13.8 Å². The quantitative estimate of drug-likeness (QED) is 0.811. The van der Waals surface area contributed by atoms with Crippen molar-refractivity contribution in [1.82, 2.24) is 4.90 Å². The topological polar surface area (TPSA) is 89.7 Å². The largest absolute Gasteiger partial charge is 0.493 e. The van der Waals surface area contributed by atoms with Crippen molar-refractivity contribution in [1.29, 1.82) is 0 Å². The van der Waals surface area contributed by atoms with E-state index in [0.29, 0.717) is 25.6 Å². The summed E-state index contributed by atoms with van der Waals surface area (Å²) in [6.07, 6.45) is 0.242. The summed E-state index contributed by atoms with van der Waals surface area (Å²) < 4.78 is 27.9. The molecular weight excluding hydrogens is 316 g/mol. The minimum atomic E-state index is -3.54. The second-order valence-electron chi connectivity index (χ2n) is 6.52. The summed E-state index contributed by atoms with van der Waals surface area (Å²) in [6.45, 7) is 5.75. The van der Waals surface area contributed by atoms with Gasteiger partial charge in [0, 0.05) is 25.4 Å². The minimum Gasteiger partial charge on any atom is -0.493 e. The number of nitrogens with two attached hydrogens (primary N) is 1. The summed E-state index contributed by atoms with van der Waals surface area (Å²) in [6, 6.07) is 7.63. The fourth-order valence-electron chi connectivity index (χ4n) is 2.62. The summed E-state index contributed by atoms with van der Waals surface area (Å²) in [7, 11) is -3.54. The second-order valence-corrected chi connectivity index (χ2v) is 8.18. The van der Waals surface area contributed by atoms with Crippen LogP contribution >= 0.6 is 0 Å². The van der Waals surface area contributed by atoms with Crippen LogP contribution in [0.3, 0.4) is 0 Å². The molecule has 1 saturated heterocycles. The first-order valence-electron chi connectivity index (χ1n) is 7.73. The van der Waals surface area contributed by atoms with Gasteiger partial charge in [0.1, 0.15) is 5.75 Å². The summed E-state index contributed by atoms with van der Waals surface area (Å²) in [5.41, 5.74) is 0.992. The van der Waals surface area contributed by atoms with Crippen LogP contribution in [0, 0.1) is 11.8 Å². The van der Waals surface area contributed by atoms with Gasteiger partial charge in [0.25, 0.3) is 0 Å². The number of nitrogens with zero attached hydrogens (tertiary/aromatic N) is 1. The molecule has 7 heteroatoms. The van der Waals surface area contributed by atoms with Crippen LogP contribution in [0.2, 0.25) is 0 Å². The predicted molar refractivity (Wildman–Crippen MR) is 88.3 cm³/mol. The van der Waals surface area contributed by atoms with Crippen LogP contribution in [0.1, 0.15) is 25.8 Å². The Hall–Kier alpha value is -1.60. The second kappa shape index (κ2) is 7.31. The summed E-state index contributed by atoms with van der Waals surface area (Å²) in [4.78, 5) is 13.7. The molecule has 2 rings (SSSR count). The zero-order valence-corrected chi connectivity index (χ0v) is 14.4. The van der Waals surface area contributed by atoms with Crippen LogP contribution in [0.5, 0.6) is 5.75 Å². The molecule has 0 saturated carbocycles. The molecule has 0 aliphatic carbocycles. The fourth-order valence-corrected chi connectivity index (χ4v) is 3.50. The summed E-state index contributed by atoms with van der Waals surface area (Å²) in [5.74, 6) is 0.886. The van der Waals surface area contributed by atoms with Crippen molar-refractivity contribution in [2.24, 2.45) is 17.0 Å². The molecule has 1 aromatic carbocycles. The van der Waals surface area contributed by atoms with Crippen molar-refractivity contribution in [2.45, 2.75) is 26.8 Å². The molecule has 0 radical (unpaired) electrons. The van der Waals surface area contributed by atoms with Gasteiger partial charge in [0.15, 0.2) is 0 Å². The van der Waals surface area contributed by atoms with E-state index in [1.54, 1.807) is 4.90 Å². The number of benzene rings is 1. The van der Waals surface area contributed by atoms with Gasteiger partial charge in [-0.15, -0.1) is 0 Å². The van der Waals surface area contributed by atoms with Gasteiger partial charge in [-0.25, -0.2) is 13.6 Å². The Morgan fingerprint density at radius 1 is 1.30 bits per heavy atom. The minimum absolute atomic E-state index is 0.0289. The Morgan fingerprint density at radius 2 is 1.96 bits per heavy atom. The molecule has 1 aliphatic heterocycles. The van der Waals surface area contributed by atoms with Gasteiger partial charge >= 0.3 is 0 Å². The Bertz CT molecular complexity index is 641. The highest BCUT2D eigenvalue weighted by molar-refractivity contribution is 7.89. The number of hydrogen-bond acceptors (Lipinski definition) is 4. The number of primary sulfonamides is 1. The average molecular weight is 340 g/mol. The molecule has 1 atom stereocenters. The lowest BCUT2D eigenvalue weighted by molar-refractivity contribution is -0.128. The third kappa shape index (κ3) is 5.84. The molecule has 1 fully saturated rings. The zero-order chi connectivity index (χ0) is 17.0. The zero-order valence-electron chi connectivity index (χ0n) is 13.6. The number of likely N-dealkylation sites (tertiary alicyclic amines) is 1. The van der Waals surface area contributed by atoms with Crippen molar-refractivity contribution in [3.8, 4) is 5.75 Å². The van der Waals surface area contributed by atoms with Gasteiger partial charge in [-0.05, 0) is 23.6 Å². The van der Waals surface area contributed by atoms with Crippen LogP contribution in [-0.4, -0.2) is 38.1 Å². The molecule has 128 valence electrons. The molecular formula is C16H24N2O4S. The monoisotopic (exact) mass is 340 g/mol. The molecule has 23 heavy (non-hydrogen) atoms. The molecule has 0 bridgehead atoms. The maximum absolute atomic E-state index is 12.0. The van der Waals surface area contributed by atoms with E-state index in [1.807, 2.05) is 24.3 Å². The average Bonchev–Trinajstić information content (AvgIpc) is 2.75. The SMILES string of the molecule is CC(C)COc1ccc(CN2CC(CS(N)(=O)=O)CC2=O)cc1. The molecule has 1 unspecified atom stereocenters. The van der Waals surface area contributed by atoms with Crippen molar-refractivity contribution in [3.05, 3.63) is 29.8 Å². The van der Waals surface area contributed by atoms with Crippen molar-refractivity contribution in [2.75, 3.05) is 18.9 Å². The van der Waals surface area contributed by atoms with E-state index in [9.17, 15) is 13.2 Å². The van der Waals surface area contributed by atoms with Crippen LogP contribution < -0.4 is 9.88 Å². The van der Waals surface area contributed by atoms with E-state index >= 15 is 0 Å². The highest BCUT2D eigenvalue weighted by Crippen LogP contribution is 2.22. The molecule has 1 amide bonds. The number of carbonyl (C=O) groups excluding carboxylic acids is 1. The summed E-state index contributed by atoms with van der Waals surface area (Å²) >= 11 is 0. The van der Waals surface area contributed by atoms with Crippen molar-refractivity contribution in [3.63, 3.8) is 0 Å².